The van der Waals surface area contributed by atoms with Crippen LogP contribution in [0.1, 0.15) is 36.8 Å². The SMILES string of the molecule is CS(=O)(=O)O.Cc1ccc(C2=C(C(=O)Nc3ccc(N)cc3)CCCC2)cc1. The molecule has 0 aliphatic heterocycles. The number of anilines is 2. The molecule has 0 heterocycles. The number of benzene rings is 2. The largest absolute Gasteiger partial charge is 0.399 e. The maximum Gasteiger partial charge on any atom is 0.261 e. The van der Waals surface area contributed by atoms with Crippen molar-refractivity contribution >= 4 is 33.0 Å². The van der Waals surface area contributed by atoms with Crippen molar-refractivity contribution in [3.63, 3.8) is 0 Å². The Bertz CT molecular complexity index is 939. The van der Waals surface area contributed by atoms with Crippen LogP contribution < -0.4 is 11.1 Å². The van der Waals surface area contributed by atoms with Gasteiger partial charge in [-0.25, -0.2) is 0 Å². The number of rotatable bonds is 3. The first-order chi connectivity index (χ1) is 13.1. The Kier molecular flexibility index (Phi) is 7.37. The normalized spacial score (nSPS) is 14.1. The molecule has 1 aliphatic carbocycles. The van der Waals surface area contributed by atoms with Crippen molar-refractivity contribution in [3.8, 4) is 0 Å². The smallest absolute Gasteiger partial charge is 0.261 e. The maximum absolute atomic E-state index is 12.7. The molecule has 28 heavy (non-hydrogen) atoms. The zero-order valence-corrected chi connectivity index (χ0v) is 16.9. The van der Waals surface area contributed by atoms with E-state index in [0.29, 0.717) is 11.9 Å². The predicted molar refractivity (Wildman–Crippen MR) is 114 cm³/mol. The number of amides is 1. The van der Waals surface area contributed by atoms with Gasteiger partial charge in [0.25, 0.3) is 16.0 Å². The minimum atomic E-state index is -3.67. The Labute approximate surface area is 166 Å². The molecule has 2 aromatic carbocycles. The van der Waals surface area contributed by atoms with Gasteiger partial charge in [0.05, 0.1) is 6.26 Å². The average molecular weight is 403 g/mol. The zero-order chi connectivity index (χ0) is 20.7. The van der Waals surface area contributed by atoms with Crippen molar-refractivity contribution in [2.45, 2.75) is 32.6 Å². The van der Waals surface area contributed by atoms with Crippen LogP contribution in [0.3, 0.4) is 0 Å². The third-order valence-electron chi connectivity index (χ3n) is 4.31. The number of aryl methyl sites for hydroxylation is 1. The lowest BCUT2D eigenvalue weighted by Gasteiger charge is -2.20. The lowest BCUT2D eigenvalue weighted by Crippen LogP contribution is -2.18. The van der Waals surface area contributed by atoms with Gasteiger partial charge in [-0.1, -0.05) is 29.8 Å². The Morgan fingerprint density at radius 1 is 1.00 bits per heavy atom. The van der Waals surface area contributed by atoms with Gasteiger partial charge in [0.15, 0.2) is 0 Å². The van der Waals surface area contributed by atoms with E-state index in [1.165, 1.54) is 11.1 Å². The van der Waals surface area contributed by atoms with Gasteiger partial charge in [-0.3, -0.25) is 9.35 Å². The Morgan fingerprint density at radius 2 is 1.54 bits per heavy atom. The van der Waals surface area contributed by atoms with Crippen LogP contribution >= 0.6 is 0 Å². The summed E-state index contributed by atoms with van der Waals surface area (Å²) in [7, 11) is -3.67. The van der Waals surface area contributed by atoms with Crippen molar-refractivity contribution in [1.29, 1.82) is 0 Å². The van der Waals surface area contributed by atoms with Gasteiger partial charge in [0, 0.05) is 16.9 Å². The van der Waals surface area contributed by atoms with Crippen LogP contribution in [0.2, 0.25) is 0 Å². The summed E-state index contributed by atoms with van der Waals surface area (Å²) in [4.78, 5) is 12.7. The van der Waals surface area contributed by atoms with E-state index in [-0.39, 0.29) is 5.91 Å². The number of allylic oxidation sites excluding steroid dienone is 1. The van der Waals surface area contributed by atoms with E-state index in [1.807, 2.05) is 12.1 Å². The molecule has 0 saturated carbocycles. The van der Waals surface area contributed by atoms with E-state index in [2.05, 4.69) is 36.5 Å². The molecule has 6 nitrogen and oxygen atoms in total. The molecule has 7 heteroatoms. The average Bonchev–Trinajstić information content (AvgIpc) is 2.63. The van der Waals surface area contributed by atoms with Crippen molar-refractivity contribution in [2.75, 3.05) is 17.3 Å². The summed E-state index contributed by atoms with van der Waals surface area (Å²) in [5.41, 5.74) is 11.7. The number of carbonyl (C=O) groups is 1. The summed E-state index contributed by atoms with van der Waals surface area (Å²) < 4.78 is 25.9. The van der Waals surface area contributed by atoms with Gasteiger partial charge < -0.3 is 11.1 Å². The zero-order valence-electron chi connectivity index (χ0n) is 16.1. The number of nitrogens with one attached hydrogen (secondary N) is 1. The van der Waals surface area contributed by atoms with Crippen LogP contribution in [0.5, 0.6) is 0 Å². The second-order valence-electron chi connectivity index (χ2n) is 6.84. The second-order valence-corrected chi connectivity index (χ2v) is 8.31. The molecule has 0 aromatic heterocycles. The molecule has 0 unspecified atom stereocenters. The molecule has 1 aliphatic rings. The van der Waals surface area contributed by atoms with Crippen LogP contribution in [0.4, 0.5) is 11.4 Å². The van der Waals surface area contributed by atoms with Crippen LogP contribution in [-0.2, 0) is 14.9 Å². The molecule has 0 bridgehead atoms. The lowest BCUT2D eigenvalue weighted by molar-refractivity contribution is -0.113. The summed E-state index contributed by atoms with van der Waals surface area (Å²) in [5.74, 6) is 0.00467. The summed E-state index contributed by atoms with van der Waals surface area (Å²) in [6, 6.07) is 15.7. The molecule has 0 spiro atoms. The highest BCUT2D eigenvalue weighted by atomic mass is 32.2. The van der Waals surface area contributed by atoms with Crippen molar-refractivity contribution in [3.05, 3.63) is 65.2 Å². The topological polar surface area (TPSA) is 109 Å². The third-order valence-corrected chi connectivity index (χ3v) is 4.31. The third kappa shape index (κ3) is 7.17. The van der Waals surface area contributed by atoms with E-state index < -0.39 is 10.1 Å². The van der Waals surface area contributed by atoms with Gasteiger partial charge in [0.1, 0.15) is 0 Å². The monoisotopic (exact) mass is 402 g/mol. The number of carbonyl (C=O) groups excluding carboxylic acids is 1. The standard InChI is InChI=1S/C20H22N2O.CH4O3S/c1-14-6-8-15(9-7-14)18-4-2-3-5-19(18)20(23)22-17-12-10-16(21)11-13-17;1-5(2,3)4/h6-13H,2-5,21H2,1H3,(H,22,23);1H3,(H,2,3,4). The van der Waals surface area contributed by atoms with Gasteiger partial charge in [-0.05, 0) is 68.0 Å². The molecule has 0 radical (unpaired) electrons. The fourth-order valence-corrected chi connectivity index (χ4v) is 3.00. The summed E-state index contributed by atoms with van der Waals surface area (Å²) in [5, 5.41) is 3.00. The van der Waals surface area contributed by atoms with E-state index in [1.54, 1.807) is 12.1 Å². The lowest BCUT2D eigenvalue weighted by atomic mass is 9.86. The minimum Gasteiger partial charge on any atom is -0.399 e. The van der Waals surface area contributed by atoms with Crippen LogP contribution in [0, 0.1) is 6.92 Å². The number of nitrogen functional groups attached to an aromatic ring is 1. The summed E-state index contributed by atoms with van der Waals surface area (Å²) in [6.07, 6.45) is 4.73. The van der Waals surface area contributed by atoms with E-state index in [9.17, 15) is 13.2 Å². The van der Waals surface area contributed by atoms with Crippen LogP contribution in [0.15, 0.2) is 54.1 Å². The molecular weight excluding hydrogens is 376 g/mol. The molecular formula is C21H26N2O4S. The van der Waals surface area contributed by atoms with Crippen molar-refractivity contribution < 1.29 is 17.8 Å². The molecule has 4 N–H and O–H groups in total. The van der Waals surface area contributed by atoms with Crippen molar-refractivity contribution in [1.82, 2.24) is 0 Å². The fourth-order valence-electron chi connectivity index (χ4n) is 3.00. The molecule has 0 atom stereocenters. The molecule has 0 fully saturated rings. The first-order valence-corrected chi connectivity index (χ1v) is 10.9. The first kappa shape index (κ1) is 21.7. The quantitative estimate of drug-likeness (QED) is 0.530. The molecule has 3 rings (SSSR count). The highest BCUT2D eigenvalue weighted by Gasteiger charge is 2.20. The molecule has 150 valence electrons. The Morgan fingerprint density at radius 3 is 2.11 bits per heavy atom. The summed E-state index contributed by atoms with van der Waals surface area (Å²) >= 11 is 0. The van der Waals surface area contributed by atoms with Gasteiger partial charge in [0.2, 0.25) is 0 Å². The number of hydrogen-bond acceptors (Lipinski definition) is 4. The van der Waals surface area contributed by atoms with Crippen LogP contribution in [-0.4, -0.2) is 25.1 Å². The Balaban J connectivity index is 0.000000500. The predicted octanol–water partition coefficient (Wildman–Crippen LogP) is 4.05. The van der Waals surface area contributed by atoms with E-state index in [0.717, 1.165) is 42.5 Å². The fraction of sp³-hybridized carbons (Fsp3) is 0.286. The molecule has 1 amide bonds. The molecule has 0 saturated heterocycles. The number of nitrogens with two attached hydrogens (primary N) is 1. The minimum absolute atomic E-state index is 0.00467. The van der Waals surface area contributed by atoms with Crippen molar-refractivity contribution in [2.24, 2.45) is 0 Å². The van der Waals surface area contributed by atoms with E-state index in [4.69, 9.17) is 10.3 Å². The maximum atomic E-state index is 12.7. The number of hydrogen-bond donors (Lipinski definition) is 3. The highest BCUT2D eigenvalue weighted by Crippen LogP contribution is 2.33. The Hall–Kier alpha value is -2.64. The highest BCUT2D eigenvalue weighted by molar-refractivity contribution is 7.85. The van der Waals surface area contributed by atoms with E-state index >= 15 is 0 Å². The van der Waals surface area contributed by atoms with Gasteiger partial charge >= 0.3 is 0 Å². The summed E-state index contributed by atoms with van der Waals surface area (Å²) in [6.45, 7) is 2.08. The van der Waals surface area contributed by atoms with Crippen LogP contribution in [0.25, 0.3) is 5.57 Å². The van der Waals surface area contributed by atoms with Gasteiger partial charge in [-0.15, -0.1) is 0 Å². The first-order valence-electron chi connectivity index (χ1n) is 9.02. The second kappa shape index (κ2) is 9.52. The molecule has 2 aromatic rings. The van der Waals surface area contributed by atoms with Gasteiger partial charge in [-0.2, -0.15) is 8.42 Å².